The molecule has 0 radical (unpaired) electrons. The van der Waals surface area contributed by atoms with Gasteiger partial charge in [-0.3, -0.25) is 19.4 Å². The van der Waals surface area contributed by atoms with Crippen molar-refractivity contribution in [2.24, 2.45) is 0 Å². The molecular formula is C18H20FN5O4. The van der Waals surface area contributed by atoms with E-state index in [9.17, 15) is 18.8 Å². The van der Waals surface area contributed by atoms with E-state index >= 15 is 0 Å². The Labute approximate surface area is 159 Å². The zero-order valence-corrected chi connectivity index (χ0v) is 15.0. The fraction of sp³-hybridized carbons (Fsp3) is 0.389. The number of aliphatic hydroxyl groups excluding tert-OH is 1. The van der Waals surface area contributed by atoms with Crippen molar-refractivity contribution in [2.45, 2.75) is 32.4 Å². The molecule has 1 aromatic carbocycles. The number of amides is 3. The SMILES string of the molecule is O=C1CCc2cc(F)cc(NC(=O)N3CCc4c([nH]n(CCO)c4=O)C3)c2N1. The van der Waals surface area contributed by atoms with E-state index in [-0.39, 0.29) is 43.3 Å². The van der Waals surface area contributed by atoms with E-state index < -0.39 is 11.8 Å². The van der Waals surface area contributed by atoms with Gasteiger partial charge in [-0.05, 0) is 30.5 Å². The molecular weight excluding hydrogens is 369 g/mol. The minimum absolute atomic E-state index is 0.160. The lowest BCUT2D eigenvalue weighted by Crippen LogP contribution is -2.40. The van der Waals surface area contributed by atoms with Crippen LogP contribution in [0.15, 0.2) is 16.9 Å². The van der Waals surface area contributed by atoms with E-state index in [2.05, 4.69) is 15.7 Å². The number of anilines is 2. The summed E-state index contributed by atoms with van der Waals surface area (Å²) in [4.78, 5) is 38.1. The lowest BCUT2D eigenvalue weighted by atomic mass is 10.0. The van der Waals surface area contributed by atoms with Gasteiger partial charge in [-0.15, -0.1) is 0 Å². The molecule has 4 rings (SSSR count). The van der Waals surface area contributed by atoms with Crippen molar-refractivity contribution in [3.05, 3.63) is 45.1 Å². The molecule has 0 saturated carbocycles. The largest absolute Gasteiger partial charge is 0.394 e. The first-order chi connectivity index (χ1) is 13.5. The average Bonchev–Trinajstić information content (AvgIpc) is 2.97. The van der Waals surface area contributed by atoms with Crippen molar-refractivity contribution in [3.63, 3.8) is 0 Å². The minimum Gasteiger partial charge on any atom is -0.394 e. The molecule has 28 heavy (non-hydrogen) atoms. The van der Waals surface area contributed by atoms with Gasteiger partial charge in [-0.2, -0.15) is 0 Å². The Morgan fingerprint density at radius 3 is 2.86 bits per heavy atom. The fourth-order valence-electron chi connectivity index (χ4n) is 3.66. The van der Waals surface area contributed by atoms with Gasteiger partial charge in [0.05, 0.1) is 36.8 Å². The van der Waals surface area contributed by atoms with Crippen molar-refractivity contribution < 1.29 is 19.1 Å². The first-order valence-electron chi connectivity index (χ1n) is 9.06. The molecule has 2 aliphatic rings. The fourth-order valence-corrected chi connectivity index (χ4v) is 3.66. The number of rotatable bonds is 3. The van der Waals surface area contributed by atoms with E-state index in [1.165, 1.54) is 21.7 Å². The highest BCUT2D eigenvalue weighted by Gasteiger charge is 2.27. The Balaban J connectivity index is 1.54. The molecule has 0 saturated heterocycles. The van der Waals surface area contributed by atoms with Gasteiger partial charge in [-0.25, -0.2) is 9.18 Å². The van der Waals surface area contributed by atoms with Crippen molar-refractivity contribution in [3.8, 4) is 0 Å². The number of carbonyl (C=O) groups excluding carboxylic acids is 2. The Bertz CT molecular complexity index is 1010. The standard InChI is InChI=1S/C18H20FN5O4/c19-11-7-10-1-2-15(26)21-16(10)13(8-11)20-18(28)23-4-3-12-14(9-23)22-24(5-6-25)17(12)27/h7-8,22,25H,1-6,9H2,(H,20,28)(H,21,26). The third-order valence-electron chi connectivity index (χ3n) is 5.04. The molecule has 4 N–H and O–H groups in total. The Morgan fingerprint density at radius 1 is 1.25 bits per heavy atom. The normalized spacial score (nSPS) is 15.6. The molecule has 3 amide bonds. The topological polar surface area (TPSA) is 119 Å². The number of H-pyrrole nitrogens is 1. The van der Waals surface area contributed by atoms with Gasteiger partial charge >= 0.3 is 6.03 Å². The zero-order chi connectivity index (χ0) is 19.8. The number of hydrogen-bond donors (Lipinski definition) is 4. The molecule has 3 heterocycles. The van der Waals surface area contributed by atoms with E-state index in [0.29, 0.717) is 41.9 Å². The van der Waals surface area contributed by atoms with Gasteiger partial charge in [0.25, 0.3) is 5.56 Å². The lowest BCUT2D eigenvalue weighted by molar-refractivity contribution is -0.116. The number of aromatic amines is 1. The molecule has 2 aliphatic heterocycles. The van der Waals surface area contributed by atoms with E-state index in [1.54, 1.807) is 0 Å². The van der Waals surface area contributed by atoms with Crippen LogP contribution < -0.4 is 16.2 Å². The second-order valence-electron chi connectivity index (χ2n) is 6.89. The molecule has 2 aromatic rings. The first kappa shape index (κ1) is 18.2. The number of nitrogens with one attached hydrogen (secondary N) is 3. The van der Waals surface area contributed by atoms with Gasteiger partial charge in [-0.1, -0.05) is 0 Å². The third kappa shape index (κ3) is 3.26. The summed E-state index contributed by atoms with van der Waals surface area (Å²) in [7, 11) is 0. The minimum atomic E-state index is -0.489. The van der Waals surface area contributed by atoms with Crippen LogP contribution in [0.3, 0.4) is 0 Å². The highest BCUT2D eigenvalue weighted by molar-refractivity contribution is 6.01. The van der Waals surface area contributed by atoms with E-state index in [0.717, 1.165) is 0 Å². The van der Waals surface area contributed by atoms with Crippen LogP contribution in [-0.2, 0) is 30.7 Å². The van der Waals surface area contributed by atoms with Crippen LogP contribution in [0.4, 0.5) is 20.6 Å². The van der Waals surface area contributed by atoms with Crippen LogP contribution in [0.1, 0.15) is 23.2 Å². The molecule has 0 atom stereocenters. The second kappa shape index (κ2) is 7.12. The number of carbonyl (C=O) groups is 2. The number of fused-ring (bicyclic) bond motifs is 2. The number of halogens is 1. The molecule has 0 bridgehead atoms. The molecule has 9 nitrogen and oxygen atoms in total. The van der Waals surface area contributed by atoms with Crippen LogP contribution in [0.5, 0.6) is 0 Å². The average molecular weight is 389 g/mol. The smallest absolute Gasteiger partial charge is 0.322 e. The zero-order valence-electron chi connectivity index (χ0n) is 15.0. The number of aromatic nitrogens is 2. The number of aliphatic hydroxyl groups is 1. The summed E-state index contributed by atoms with van der Waals surface area (Å²) in [6.45, 7) is 0.515. The predicted octanol–water partition coefficient (Wildman–Crippen LogP) is 0.783. The summed E-state index contributed by atoms with van der Waals surface area (Å²) < 4.78 is 15.2. The van der Waals surface area contributed by atoms with Gasteiger partial charge in [0, 0.05) is 18.5 Å². The Morgan fingerprint density at radius 2 is 2.07 bits per heavy atom. The Kier molecular flexibility index (Phi) is 4.63. The summed E-state index contributed by atoms with van der Waals surface area (Å²) in [6.07, 6.45) is 1.07. The molecule has 1 aromatic heterocycles. The lowest BCUT2D eigenvalue weighted by Gasteiger charge is -2.27. The maximum atomic E-state index is 13.9. The van der Waals surface area contributed by atoms with Crippen molar-refractivity contribution in [1.82, 2.24) is 14.7 Å². The van der Waals surface area contributed by atoms with Crippen molar-refractivity contribution in [1.29, 1.82) is 0 Å². The quantitative estimate of drug-likeness (QED) is 0.620. The summed E-state index contributed by atoms with van der Waals surface area (Å²) in [5.41, 5.74) is 2.31. The number of nitrogens with zero attached hydrogens (tertiary/aromatic N) is 2. The van der Waals surface area contributed by atoms with Crippen LogP contribution >= 0.6 is 0 Å². The summed E-state index contributed by atoms with van der Waals surface area (Å²) in [5.74, 6) is -0.670. The second-order valence-corrected chi connectivity index (χ2v) is 6.89. The molecule has 148 valence electrons. The van der Waals surface area contributed by atoms with Crippen LogP contribution in [0.2, 0.25) is 0 Å². The molecule has 0 aliphatic carbocycles. The number of urea groups is 1. The highest BCUT2D eigenvalue weighted by atomic mass is 19.1. The maximum absolute atomic E-state index is 13.9. The highest BCUT2D eigenvalue weighted by Crippen LogP contribution is 2.32. The van der Waals surface area contributed by atoms with Crippen molar-refractivity contribution in [2.75, 3.05) is 23.8 Å². The number of benzene rings is 1. The van der Waals surface area contributed by atoms with E-state index in [1.807, 2.05) is 0 Å². The maximum Gasteiger partial charge on any atom is 0.322 e. The molecule has 0 unspecified atom stereocenters. The number of aryl methyl sites for hydroxylation is 1. The van der Waals surface area contributed by atoms with Crippen LogP contribution in [0.25, 0.3) is 0 Å². The summed E-state index contributed by atoms with van der Waals surface area (Å²) in [6, 6.07) is 2.08. The Hall–Kier alpha value is -3.14. The van der Waals surface area contributed by atoms with Gasteiger partial charge in [0.1, 0.15) is 5.82 Å². The summed E-state index contributed by atoms with van der Waals surface area (Å²) in [5, 5.41) is 17.3. The first-order valence-corrected chi connectivity index (χ1v) is 9.06. The van der Waals surface area contributed by atoms with Gasteiger partial charge in [0.2, 0.25) is 5.91 Å². The van der Waals surface area contributed by atoms with Gasteiger partial charge < -0.3 is 20.6 Å². The van der Waals surface area contributed by atoms with Crippen LogP contribution in [-0.4, -0.2) is 44.9 Å². The molecule has 10 heteroatoms. The predicted molar refractivity (Wildman–Crippen MR) is 98.6 cm³/mol. The number of hydrogen-bond acceptors (Lipinski definition) is 4. The van der Waals surface area contributed by atoms with Crippen LogP contribution in [0, 0.1) is 5.82 Å². The third-order valence-corrected chi connectivity index (χ3v) is 5.04. The monoisotopic (exact) mass is 389 g/mol. The summed E-state index contributed by atoms with van der Waals surface area (Å²) >= 11 is 0. The molecule has 0 fully saturated rings. The van der Waals surface area contributed by atoms with E-state index in [4.69, 9.17) is 5.11 Å². The molecule has 0 spiro atoms. The van der Waals surface area contributed by atoms with Gasteiger partial charge in [0.15, 0.2) is 0 Å². The van der Waals surface area contributed by atoms with Crippen molar-refractivity contribution >= 4 is 23.3 Å².